The Balaban J connectivity index is 0.00000225. The molecule has 1 aromatic heterocycles. The fraction of sp³-hybridized carbons (Fsp3) is 0.227. The van der Waals surface area contributed by atoms with Crippen molar-refractivity contribution in [3.63, 3.8) is 0 Å². The molecule has 162 valence electrons. The second kappa shape index (κ2) is 13.3. The fourth-order valence-corrected chi connectivity index (χ4v) is 3.10. The summed E-state index contributed by atoms with van der Waals surface area (Å²) in [6.07, 6.45) is 4.07. The van der Waals surface area contributed by atoms with Crippen LogP contribution in [0.2, 0.25) is 5.02 Å². The van der Waals surface area contributed by atoms with E-state index in [1.54, 1.807) is 31.6 Å². The van der Waals surface area contributed by atoms with Crippen LogP contribution in [-0.2, 0) is 19.6 Å². The maximum atomic E-state index is 13.7. The number of nitrogens with zero attached hydrogens (tertiary/aromatic N) is 1. The normalized spacial score (nSPS) is 9.97. The summed E-state index contributed by atoms with van der Waals surface area (Å²) in [6, 6.07) is 14.3. The first kappa shape index (κ1) is 26.0. The van der Waals surface area contributed by atoms with Crippen molar-refractivity contribution in [2.45, 2.75) is 19.6 Å². The predicted octanol–water partition coefficient (Wildman–Crippen LogP) is 5.64. The van der Waals surface area contributed by atoms with Crippen LogP contribution >= 0.6 is 36.4 Å². The molecule has 0 saturated heterocycles. The minimum Gasteiger partial charge on any atom is -0.493 e. The number of pyridine rings is 1. The Hall–Kier alpha value is -2.05. The van der Waals surface area contributed by atoms with Crippen molar-refractivity contribution < 1.29 is 13.9 Å². The van der Waals surface area contributed by atoms with E-state index in [9.17, 15) is 4.39 Å². The molecule has 0 amide bonds. The maximum Gasteiger partial charge on any atom is 0.180 e. The monoisotopic (exact) mass is 472 g/mol. The third-order valence-corrected chi connectivity index (χ3v) is 4.53. The fourth-order valence-electron chi connectivity index (χ4n) is 2.81. The molecule has 4 nitrogen and oxygen atoms in total. The van der Waals surface area contributed by atoms with Crippen LogP contribution in [0.5, 0.6) is 11.5 Å². The highest BCUT2D eigenvalue weighted by Crippen LogP contribution is 2.37. The minimum atomic E-state index is -0.177. The Morgan fingerprint density at radius 3 is 2.57 bits per heavy atom. The molecule has 3 aromatic rings. The largest absolute Gasteiger partial charge is 0.493 e. The molecular formula is C22H24Cl3FN2O2. The van der Waals surface area contributed by atoms with Gasteiger partial charge < -0.3 is 14.8 Å². The van der Waals surface area contributed by atoms with E-state index in [2.05, 4.69) is 10.3 Å². The first-order valence-corrected chi connectivity index (χ1v) is 9.37. The van der Waals surface area contributed by atoms with E-state index in [-0.39, 0.29) is 30.6 Å². The lowest BCUT2D eigenvalue weighted by atomic mass is 10.1. The quantitative estimate of drug-likeness (QED) is 0.409. The number of hydrogen-bond donors (Lipinski definition) is 1. The third kappa shape index (κ3) is 7.33. The molecule has 2 aromatic carbocycles. The number of halogens is 4. The molecule has 1 N–H and O–H groups in total. The number of hydrogen-bond acceptors (Lipinski definition) is 4. The molecule has 0 unspecified atom stereocenters. The number of nitrogens with one attached hydrogen (secondary N) is 1. The Morgan fingerprint density at radius 2 is 1.87 bits per heavy atom. The van der Waals surface area contributed by atoms with Crippen molar-refractivity contribution in [3.8, 4) is 11.5 Å². The van der Waals surface area contributed by atoms with Gasteiger partial charge >= 0.3 is 0 Å². The summed E-state index contributed by atoms with van der Waals surface area (Å²) in [5, 5.41) is 3.78. The molecule has 0 aliphatic heterocycles. The van der Waals surface area contributed by atoms with Crippen LogP contribution in [0.1, 0.15) is 16.7 Å². The van der Waals surface area contributed by atoms with Gasteiger partial charge in [-0.3, -0.25) is 4.98 Å². The highest BCUT2D eigenvalue weighted by Gasteiger charge is 2.12. The number of aromatic nitrogens is 1. The SMILES string of the molecule is COc1cc(CNCCc2ccccc2F)cc(Cl)c1OCc1cccnc1.Cl.Cl. The second-order valence-corrected chi connectivity index (χ2v) is 6.68. The van der Waals surface area contributed by atoms with Crippen LogP contribution in [0, 0.1) is 5.82 Å². The molecule has 0 aliphatic rings. The minimum absolute atomic E-state index is 0. The van der Waals surface area contributed by atoms with Crippen molar-refractivity contribution in [2.24, 2.45) is 0 Å². The summed E-state index contributed by atoms with van der Waals surface area (Å²) >= 11 is 6.41. The van der Waals surface area contributed by atoms with E-state index in [0.29, 0.717) is 48.2 Å². The molecule has 0 bridgehead atoms. The van der Waals surface area contributed by atoms with Gasteiger partial charge in [-0.15, -0.1) is 24.8 Å². The number of methoxy groups -OCH3 is 1. The average molecular weight is 474 g/mol. The highest BCUT2D eigenvalue weighted by atomic mass is 35.5. The van der Waals surface area contributed by atoms with Crippen LogP contribution < -0.4 is 14.8 Å². The van der Waals surface area contributed by atoms with Gasteiger partial charge in [-0.2, -0.15) is 0 Å². The van der Waals surface area contributed by atoms with E-state index < -0.39 is 0 Å². The second-order valence-electron chi connectivity index (χ2n) is 6.28. The molecule has 0 spiro atoms. The molecular weight excluding hydrogens is 450 g/mol. The van der Waals surface area contributed by atoms with Gasteiger partial charge in [0, 0.05) is 24.5 Å². The molecule has 30 heavy (non-hydrogen) atoms. The van der Waals surface area contributed by atoms with Crippen LogP contribution in [0.4, 0.5) is 4.39 Å². The summed E-state index contributed by atoms with van der Waals surface area (Å²) < 4.78 is 24.9. The van der Waals surface area contributed by atoms with Gasteiger partial charge in [-0.25, -0.2) is 4.39 Å². The van der Waals surface area contributed by atoms with Crippen LogP contribution in [0.3, 0.4) is 0 Å². The molecule has 0 radical (unpaired) electrons. The lowest BCUT2D eigenvalue weighted by molar-refractivity contribution is 0.284. The van der Waals surface area contributed by atoms with Crippen molar-refractivity contribution >= 4 is 36.4 Å². The van der Waals surface area contributed by atoms with E-state index in [1.165, 1.54) is 6.07 Å². The topological polar surface area (TPSA) is 43.4 Å². The lowest BCUT2D eigenvalue weighted by Crippen LogP contribution is -2.17. The number of ether oxygens (including phenoxy) is 2. The Morgan fingerprint density at radius 1 is 1.07 bits per heavy atom. The van der Waals surface area contributed by atoms with Crippen molar-refractivity contribution in [1.82, 2.24) is 10.3 Å². The van der Waals surface area contributed by atoms with Gasteiger partial charge in [0.25, 0.3) is 0 Å². The van der Waals surface area contributed by atoms with Gasteiger partial charge in [0.05, 0.1) is 12.1 Å². The van der Waals surface area contributed by atoms with Crippen molar-refractivity contribution in [3.05, 3.63) is 88.5 Å². The molecule has 0 fully saturated rings. The van der Waals surface area contributed by atoms with Crippen LogP contribution in [-0.4, -0.2) is 18.6 Å². The van der Waals surface area contributed by atoms with Gasteiger partial charge in [-0.1, -0.05) is 35.9 Å². The molecule has 3 rings (SSSR count). The molecule has 0 atom stereocenters. The molecule has 1 heterocycles. The summed E-state index contributed by atoms with van der Waals surface area (Å²) in [6.45, 7) is 1.59. The highest BCUT2D eigenvalue weighted by molar-refractivity contribution is 6.32. The first-order chi connectivity index (χ1) is 13.7. The Labute approximate surface area is 193 Å². The van der Waals surface area contributed by atoms with Crippen molar-refractivity contribution in [1.29, 1.82) is 0 Å². The summed E-state index contributed by atoms with van der Waals surface area (Å²) in [5.41, 5.74) is 2.60. The summed E-state index contributed by atoms with van der Waals surface area (Å²) in [5.74, 6) is 0.898. The first-order valence-electron chi connectivity index (χ1n) is 8.99. The molecule has 0 saturated carbocycles. The number of rotatable bonds is 9. The smallest absolute Gasteiger partial charge is 0.180 e. The Bertz CT molecular complexity index is 914. The maximum absolute atomic E-state index is 13.7. The zero-order valence-electron chi connectivity index (χ0n) is 16.4. The lowest BCUT2D eigenvalue weighted by Gasteiger charge is -2.14. The predicted molar refractivity (Wildman–Crippen MR) is 123 cm³/mol. The molecule has 8 heteroatoms. The zero-order valence-corrected chi connectivity index (χ0v) is 18.8. The van der Waals surface area contributed by atoms with Gasteiger partial charge in [0.15, 0.2) is 11.5 Å². The van der Waals surface area contributed by atoms with Crippen LogP contribution in [0.15, 0.2) is 60.9 Å². The van der Waals surface area contributed by atoms with E-state index >= 15 is 0 Å². The van der Waals surface area contributed by atoms with Gasteiger partial charge in [0.1, 0.15) is 12.4 Å². The third-order valence-electron chi connectivity index (χ3n) is 4.25. The van der Waals surface area contributed by atoms with Gasteiger partial charge in [-0.05, 0) is 48.4 Å². The summed E-state index contributed by atoms with van der Waals surface area (Å²) in [4.78, 5) is 4.07. The molecule has 0 aliphatic carbocycles. The van der Waals surface area contributed by atoms with E-state index in [0.717, 1.165) is 11.1 Å². The Kier molecular flexibility index (Phi) is 11.5. The number of benzene rings is 2. The van der Waals surface area contributed by atoms with E-state index in [1.807, 2.05) is 30.3 Å². The van der Waals surface area contributed by atoms with Crippen molar-refractivity contribution in [2.75, 3.05) is 13.7 Å². The van der Waals surface area contributed by atoms with Gasteiger partial charge in [0.2, 0.25) is 0 Å². The van der Waals surface area contributed by atoms with Crippen LogP contribution in [0.25, 0.3) is 0 Å². The van der Waals surface area contributed by atoms with E-state index in [4.69, 9.17) is 21.1 Å². The standard InChI is InChI=1S/C22H22ClFN2O2.2ClH/c1-27-21-12-17(14-26-10-8-18-6-2-3-7-20(18)24)11-19(23)22(21)28-15-16-5-4-9-25-13-16;;/h2-7,9,11-13,26H,8,10,14-15H2,1H3;2*1H. The summed E-state index contributed by atoms with van der Waals surface area (Å²) in [7, 11) is 1.58. The average Bonchev–Trinajstić information content (AvgIpc) is 2.72. The zero-order chi connectivity index (χ0) is 19.8.